The van der Waals surface area contributed by atoms with Crippen LogP contribution >= 0.6 is 15.9 Å². The molecule has 3 rings (SSSR count). The molecule has 0 aliphatic carbocycles. The Morgan fingerprint density at radius 3 is 2.70 bits per heavy atom. The second kappa shape index (κ2) is 5.73. The zero-order valence-electron chi connectivity index (χ0n) is 11.2. The van der Waals surface area contributed by atoms with Crippen LogP contribution < -0.4 is 5.32 Å². The van der Waals surface area contributed by atoms with E-state index in [1.807, 2.05) is 41.9 Å². The van der Waals surface area contributed by atoms with Gasteiger partial charge in [-0.25, -0.2) is 9.50 Å². The number of likely N-dealkylation sites (N-methyl/N-ethyl adjacent to an activating group) is 1. The van der Waals surface area contributed by atoms with Crippen molar-refractivity contribution < 1.29 is 0 Å². The second-order valence-electron chi connectivity index (χ2n) is 4.56. The third-order valence-corrected chi connectivity index (χ3v) is 3.96. The van der Waals surface area contributed by atoms with Crippen LogP contribution in [0.5, 0.6) is 0 Å². The molecule has 4 nitrogen and oxygen atoms in total. The lowest BCUT2D eigenvalue weighted by Crippen LogP contribution is -2.10. The summed E-state index contributed by atoms with van der Waals surface area (Å²) in [7, 11) is 1.94. The zero-order valence-corrected chi connectivity index (χ0v) is 12.8. The molecule has 0 saturated heterocycles. The van der Waals surface area contributed by atoms with Crippen molar-refractivity contribution in [3.63, 3.8) is 0 Å². The third kappa shape index (κ3) is 2.46. The molecule has 0 unspecified atom stereocenters. The van der Waals surface area contributed by atoms with E-state index in [0.29, 0.717) is 0 Å². The smallest absolute Gasteiger partial charge is 0.155 e. The highest BCUT2D eigenvalue weighted by Gasteiger charge is 2.11. The normalized spacial score (nSPS) is 11.1. The van der Waals surface area contributed by atoms with Crippen molar-refractivity contribution in [3.05, 3.63) is 52.8 Å². The summed E-state index contributed by atoms with van der Waals surface area (Å²) in [6, 6.07) is 14.2. The van der Waals surface area contributed by atoms with Gasteiger partial charge in [0, 0.05) is 18.5 Å². The van der Waals surface area contributed by atoms with Gasteiger partial charge in [0.05, 0.1) is 11.4 Å². The van der Waals surface area contributed by atoms with E-state index in [-0.39, 0.29) is 0 Å². The summed E-state index contributed by atoms with van der Waals surface area (Å²) in [5.74, 6) is 0. The molecule has 0 fully saturated rings. The molecule has 0 bridgehead atoms. The predicted molar refractivity (Wildman–Crippen MR) is 83.8 cm³/mol. The zero-order chi connectivity index (χ0) is 13.9. The van der Waals surface area contributed by atoms with Crippen LogP contribution in [-0.2, 0) is 6.42 Å². The lowest BCUT2D eigenvalue weighted by atomic mass is 10.1. The maximum absolute atomic E-state index is 4.66. The van der Waals surface area contributed by atoms with Crippen molar-refractivity contribution in [2.75, 3.05) is 13.6 Å². The molecule has 5 heteroatoms. The third-order valence-electron chi connectivity index (χ3n) is 3.17. The van der Waals surface area contributed by atoms with Crippen LogP contribution in [0.2, 0.25) is 0 Å². The van der Waals surface area contributed by atoms with E-state index in [9.17, 15) is 0 Å². The van der Waals surface area contributed by atoms with Crippen LogP contribution in [0.25, 0.3) is 16.9 Å². The molecule has 0 radical (unpaired) electrons. The number of nitrogens with zero attached hydrogens (tertiary/aromatic N) is 3. The van der Waals surface area contributed by atoms with Crippen molar-refractivity contribution in [3.8, 4) is 11.3 Å². The number of nitrogens with one attached hydrogen (secondary N) is 1. The Bertz CT molecular complexity index is 721. The van der Waals surface area contributed by atoms with Gasteiger partial charge in [-0.05, 0) is 35.1 Å². The first kappa shape index (κ1) is 13.3. The van der Waals surface area contributed by atoms with Crippen molar-refractivity contribution in [1.82, 2.24) is 19.9 Å². The minimum Gasteiger partial charge on any atom is -0.319 e. The number of fused-ring (bicyclic) bond motifs is 1. The van der Waals surface area contributed by atoms with Crippen LogP contribution in [0, 0.1) is 0 Å². The van der Waals surface area contributed by atoms with Gasteiger partial charge in [-0.1, -0.05) is 30.3 Å². The number of benzene rings is 1. The summed E-state index contributed by atoms with van der Waals surface area (Å²) in [6.07, 6.45) is 0.876. The Morgan fingerprint density at radius 2 is 1.95 bits per heavy atom. The van der Waals surface area contributed by atoms with Gasteiger partial charge >= 0.3 is 0 Å². The molecule has 20 heavy (non-hydrogen) atoms. The van der Waals surface area contributed by atoms with Crippen molar-refractivity contribution in [1.29, 1.82) is 0 Å². The lowest BCUT2D eigenvalue weighted by Gasteiger charge is -2.01. The lowest BCUT2D eigenvalue weighted by molar-refractivity contribution is 0.775. The topological polar surface area (TPSA) is 42.2 Å². The largest absolute Gasteiger partial charge is 0.319 e. The minimum atomic E-state index is 0.864. The molecule has 0 saturated carbocycles. The maximum Gasteiger partial charge on any atom is 0.155 e. The fraction of sp³-hybridized carbons (Fsp3) is 0.200. The number of rotatable bonds is 4. The first-order valence-electron chi connectivity index (χ1n) is 6.54. The van der Waals surface area contributed by atoms with Gasteiger partial charge in [0.25, 0.3) is 0 Å². The molecule has 2 heterocycles. The van der Waals surface area contributed by atoms with E-state index in [4.69, 9.17) is 0 Å². The molecule has 0 aliphatic heterocycles. The number of hydrogen-bond donors (Lipinski definition) is 1. The predicted octanol–water partition coefficient (Wildman–Crippen LogP) is 2.92. The van der Waals surface area contributed by atoms with Crippen LogP contribution in [-0.4, -0.2) is 28.2 Å². The molecule has 0 spiro atoms. The summed E-state index contributed by atoms with van der Waals surface area (Å²) in [6.45, 7) is 0.897. The molecule has 2 aromatic heterocycles. The number of aromatic nitrogens is 3. The number of imidazole rings is 1. The fourth-order valence-corrected chi connectivity index (χ4v) is 2.67. The Balaban J connectivity index is 2.05. The van der Waals surface area contributed by atoms with Crippen LogP contribution in [0.3, 0.4) is 0 Å². The number of halogens is 1. The Morgan fingerprint density at radius 1 is 1.15 bits per heavy atom. The van der Waals surface area contributed by atoms with E-state index in [0.717, 1.165) is 40.2 Å². The van der Waals surface area contributed by atoms with Crippen LogP contribution in [0.4, 0.5) is 0 Å². The minimum absolute atomic E-state index is 0.864. The highest BCUT2D eigenvalue weighted by atomic mass is 79.9. The van der Waals surface area contributed by atoms with E-state index >= 15 is 0 Å². The van der Waals surface area contributed by atoms with E-state index in [2.05, 4.69) is 43.5 Å². The molecule has 1 N–H and O–H groups in total. The molecule has 0 atom stereocenters. The Hall–Kier alpha value is -1.72. The summed E-state index contributed by atoms with van der Waals surface area (Å²) in [5.41, 5.74) is 3.93. The number of hydrogen-bond acceptors (Lipinski definition) is 3. The van der Waals surface area contributed by atoms with E-state index in [1.54, 1.807) is 0 Å². The van der Waals surface area contributed by atoms with Gasteiger partial charge < -0.3 is 5.32 Å². The fourth-order valence-electron chi connectivity index (χ4n) is 2.12. The summed E-state index contributed by atoms with van der Waals surface area (Å²) >= 11 is 3.60. The summed E-state index contributed by atoms with van der Waals surface area (Å²) < 4.78 is 2.79. The van der Waals surface area contributed by atoms with Crippen molar-refractivity contribution >= 4 is 21.6 Å². The van der Waals surface area contributed by atoms with Gasteiger partial charge in [0.15, 0.2) is 5.65 Å². The summed E-state index contributed by atoms with van der Waals surface area (Å²) in [5, 5.41) is 7.80. The van der Waals surface area contributed by atoms with Crippen molar-refractivity contribution in [2.24, 2.45) is 0 Å². The van der Waals surface area contributed by atoms with Gasteiger partial charge in [-0.2, -0.15) is 5.10 Å². The quantitative estimate of drug-likeness (QED) is 0.799. The first-order chi connectivity index (χ1) is 9.79. The average Bonchev–Trinajstić information content (AvgIpc) is 2.82. The van der Waals surface area contributed by atoms with Crippen molar-refractivity contribution in [2.45, 2.75) is 6.42 Å². The average molecular weight is 331 g/mol. The van der Waals surface area contributed by atoms with Gasteiger partial charge in [-0.15, -0.1) is 0 Å². The second-order valence-corrected chi connectivity index (χ2v) is 5.31. The van der Waals surface area contributed by atoms with Gasteiger partial charge in [-0.3, -0.25) is 0 Å². The highest BCUT2D eigenvalue weighted by Crippen LogP contribution is 2.22. The van der Waals surface area contributed by atoms with E-state index < -0.39 is 0 Å². The Labute approximate surface area is 126 Å². The molecule has 0 aliphatic rings. The van der Waals surface area contributed by atoms with Gasteiger partial charge in [0.1, 0.15) is 4.60 Å². The highest BCUT2D eigenvalue weighted by molar-refractivity contribution is 9.10. The van der Waals surface area contributed by atoms with Crippen LogP contribution in [0.15, 0.2) is 47.1 Å². The molecular weight excluding hydrogens is 316 g/mol. The summed E-state index contributed by atoms with van der Waals surface area (Å²) in [4.78, 5) is 4.60. The Kier molecular flexibility index (Phi) is 3.80. The molecule has 0 amide bonds. The SMILES string of the molecule is CNCCc1nc2ccc(-c3ccccc3)nn2c1Br. The monoisotopic (exact) mass is 330 g/mol. The van der Waals surface area contributed by atoms with Crippen LogP contribution in [0.1, 0.15) is 5.69 Å². The molecular formula is C15H15BrN4. The molecule has 1 aromatic carbocycles. The van der Waals surface area contributed by atoms with Gasteiger partial charge in [0.2, 0.25) is 0 Å². The van der Waals surface area contributed by atoms with E-state index in [1.165, 1.54) is 0 Å². The first-order valence-corrected chi connectivity index (χ1v) is 7.33. The molecule has 3 aromatic rings. The standard InChI is InChI=1S/C15H15BrN4/c1-17-10-9-13-15(16)20-14(18-13)8-7-12(19-20)11-5-3-2-4-6-11/h2-8,17H,9-10H2,1H3. The maximum atomic E-state index is 4.66. The molecule has 102 valence electrons.